The largest absolute Gasteiger partial charge is 0.214 e. The lowest BCUT2D eigenvalue weighted by atomic mass is 10.2. The van der Waals surface area contributed by atoms with Crippen molar-refractivity contribution in [3.05, 3.63) is 0 Å². The van der Waals surface area contributed by atoms with E-state index < -0.39 is 10.0 Å². The molecule has 1 heterocycles. The normalized spacial score (nSPS) is 26.1. The highest BCUT2D eigenvalue weighted by atomic mass is 32.2. The molecule has 1 unspecified atom stereocenters. The van der Waals surface area contributed by atoms with Crippen LogP contribution in [0.2, 0.25) is 0 Å². The maximum atomic E-state index is 11.5. The lowest BCUT2D eigenvalue weighted by Crippen LogP contribution is -2.26. The van der Waals surface area contributed by atoms with Gasteiger partial charge in [0.25, 0.3) is 0 Å². The van der Waals surface area contributed by atoms with E-state index in [4.69, 9.17) is 6.42 Å². The minimum Gasteiger partial charge on any atom is -0.212 e. The quantitative estimate of drug-likeness (QED) is 0.519. The molecule has 0 aliphatic carbocycles. The van der Waals surface area contributed by atoms with Crippen LogP contribution in [0.25, 0.3) is 0 Å². The maximum absolute atomic E-state index is 11.5. The Hall–Kier alpha value is -0.530. The summed E-state index contributed by atoms with van der Waals surface area (Å²) in [5.74, 6) is 3.13. The molecule has 0 saturated carbocycles. The smallest absolute Gasteiger partial charge is 0.212 e. The Kier molecular flexibility index (Phi) is 3.97. The number of rotatable bonds is 4. The second kappa shape index (κ2) is 4.81. The number of hydrogen-bond donors (Lipinski definition) is 0. The van der Waals surface area contributed by atoms with Crippen molar-refractivity contribution in [2.45, 2.75) is 26.2 Å². The van der Waals surface area contributed by atoms with Gasteiger partial charge in [-0.25, -0.2) is 12.7 Å². The molecule has 80 valence electrons. The molecule has 1 saturated heterocycles. The van der Waals surface area contributed by atoms with E-state index in [0.29, 0.717) is 18.8 Å². The zero-order chi connectivity index (χ0) is 10.6. The first-order valence-corrected chi connectivity index (χ1v) is 6.58. The van der Waals surface area contributed by atoms with E-state index in [1.807, 2.05) is 6.92 Å². The third-order valence-electron chi connectivity index (χ3n) is 2.38. The first kappa shape index (κ1) is 11.5. The Labute approximate surface area is 86.5 Å². The SMILES string of the molecule is C#CCCCCN1CC(C)CS1(=O)=O. The van der Waals surface area contributed by atoms with Gasteiger partial charge in [0.1, 0.15) is 0 Å². The van der Waals surface area contributed by atoms with Gasteiger partial charge in [0.05, 0.1) is 5.75 Å². The van der Waals surface area contributed by atoms with Gasteiger partial charge in [-0.1, -0.05) is 6.92 Å². The molecule has 0 aromatic heterocycles. The summed E-state index contributed by atoms with van der Waals surface area (Å²) >= 11 is 0. The molecule has 0 aromatic carbocycles. The van der Waals surface area contributed by atoms with E-state index in [-0.39, 0.29) is 5.92 Å². The Bertz CT molecular complexity index is 316. The van der Waals surface area contributed by atoms with Crippen molar-refractivity contribution < 1.29 is 8.42 Å². The summed E-state index contributed by atoms with van der Waals surface area (Å²) in [6.07, 6.45) is 7.64. The van der Waals surface area contributed by atoms with E-state index in [1.54, 1.807) is 4.31 Å². The zero-order valence-corrected chi connectivity index (χ0v) is 9.39. The fraction of sp³-hybridized carbons (Fsp3) is 0.800. The zero-order valence-electron chi connectivity index (χ0n) is 8.57. The summed E-state index contributed by atoms with van der Waals surface area (Å²) in [7, 11) is -2.94. The Morgan fingerprint density at radius 1 is 1.50 bits per heavy atom. The number of unbranched alkanes of at least 4 members (excludes halogenated alkanes) is 2. The lowest BCUT2D eigenvalue weighted by Gasteiger charge is -2.13. The Morgan fingerprint density at radius 2 is 2.21 bits per heavy atom. The van der Waals surface area contributed by atoms with Crippen LogP contribution in [0, 0.1) is 18.3 Å². The van der Waals surface area contributed by atoms with Crippen LogP contribution < -0.4 is 0 Å². The Balaban J connectivity index is 2.35. The van der Waals surface area contributed by atoms with Gasteiger partial charge < -0.3 is 0 Å². The second-order valence-corrected chi connectivity index (χ2v) is 5.92. The van der Waals surface area contributed by atoms with Crippen LogP contribution in [0.15, 0.2) is 0 Å². The Morgan fingerprint density at radius 3 is 2.71 bits per heavy atom. The molecule has 14 heavy (non-hydrogen) atoms. The van der Waals surface area contributed by atoms with Crippen LogP contribution in [-0.4, -0.2) is 31.6 Å². The highest BCUT2D eigenvalue weighted by Gasteiger charge is 2.32. The van der Waals surface area contributed by atoms with E-state index in [0.717, 1.165) is 19.3 Å². The van der Waals surface area contributed by atoms with E-state index in [2.05, 4.69) is 5.92 Å². The van der Waals surface area contributed by atoms with Gasteiger partial charge in [-0.3, -0.25) is 0 Å². The molecule has 0 aromatic rings. The summed E-state index contributed by atoms with van der Waals surface area (Å²) in [6, 6.07) is 0. The van der Waals surface area contributed by atoms with Crippen molar-refractivity contribution in [2.75, 3.05) is 18.8 Å². The van der Waals surface area contributed by atoms with Crippen molar-refractivity contribution in [3.8, 4) is 12.3 Å². The van der Waals surface area contributed by atoms with Crippen molar-refractivity contribution >= 4 is 10.0 Å². The molecule has 1 rings (SSSR count). The average molecular weight is 215 g/mol. The molecule has 0 radical (unpaired) electrons. The number of terminal acetylenes is 1. The second-order valence-electron chi connectivity index (χ2n) is 3.90. The number of nitrogens with zero attached hydrogens (tertiary/aromatic N) is 1. The number of sulfonamides is 1. The fourth-order valence-corrected chi connectivity index (χ4v) is 3.65. The minimum atomic E-state index is -2.94. The summed E-state index contributed by atoms with van der Waals surface area (Å²) < 4.78 is 24.6. The minimum absolute atomic E-state index is 0.271. The van der Waals surface area contributed by atoms with Crippen molar-refractivity contribution in [3.63, 3.8) is 0 Å². The number of hydrogen-bond acceptors (Lipinski definition) is 2. The van der Waals surface area contributed by atoms with Gasteiger partial charge in [-0.05, 0) is 18.8 Å². The van der Waals surface area contributed by atoms with Gasteiger partial charge in [0.2, 0.25) is 10.0 Å². The van der Waals surface area contributed by atoms with Gasteiger partial charge in [-0.2, -0.15) is 0 Å². The molecule has 3 nitrogen and oxygen atoms in total. The third kappa shape index (κ3) is 3.00. The molecule has 0 spiro atoms. The van der Waals surface area contributed by atoms with E-state index in [1.165, 1.54) is 0 Å². The molecular weight excluding hydrogens is 198 g/mol. The molecule has 1 aliphatic heterocycles. The summed E-state index contributed by atoms with van der Waals surface area (Å²) in [6.45, 7) is 3.28. The molecular formula is C10H17NO2S. The molecule has 0 N–H and O–H groups in total. The molecule has 0 bridgehead atoms. The van der Waals surface area contributed by atoms with Gasteiger partial charge >= 0.3 is 0 Å². The van der Waals surface area contributed by atoms with Crippen LogP contribution in [-0.2, 0) is 10.0 Å². The summed E-state index contributed by atoms with van der Waals surface area (Å²) in [5, 5.41) is 0. The van der Waals surface area contributed by atoms with Gasteiger partial charge in [0, 0.05) is 19.5 Å². The van der Waals surface area contributed by atoms with Crippen LogP contribution in [0.3, 0.4) is 0 Å². The van der Waals surface area contributed by atoms with Crippen LogP contribution in [0.5, 0.6) is 0 Å². The predicted molar refractivity (Wildman–Crippen MR) is 57.2 cm³/mol. The van der Waals surface area contributed by atoms with Gasteiger partial charge in [-0.15, -0.1) is 12.3 Å². The summed E-state index contributed by atoms with van der Waals surface area (Å²) in [5.41, 5.74) is 0. The molecule has 1 aliphatic rings. The van der Waals surface area contributed by atoms with Gasteiger partial charge in [0.15, 0.2) is 0 Å². The highest BCUT2D eigenvalue weighted by molar-refractivity contribution is 7.89. The van der Waals surface area contributed by atoms with E-state index >= 15 is 0 Å². The van der Waals surface area contributed by atoms with Crippen molar-refractivity contribution in [1.82, 2.24) is 4.31 Å². The first-order chi connectivity index (χ1) is 6.56. The highest BCUT2D eigenvalue weighted by Crippen LogP contribution is 2.19. The summed E-state index contributed by atoms with van der Waals surface area (Å²) in [4.78, 5) is 0. The molecule has 1 atom stereocenters. The molecule has 0 amide bonds. The monoisotopic (exact) mass is 215 g/mol. The van der Waals surface area contributed by atoms with Crippen molar-refractivity contribution in [1.29, 1.82) is 0 Å². The van der Waals surface area contributed by atoms with Crippen LogP contribution in [0.4, 0.5) is 0 Å². The molecule has 1 fully saturated rings. The van der Waals surface area contributed by atoms with Crippen LogP contribution >= 0.6 is 0 Å². The van der Waals surface area contributed by atoms with E-state index in [9.17, 15) is 8.42 Å². The first-order valence-electron chi connectivity index (χ1n) is 4.97. The third-order valence-corrected chi connectivity index (χ3v) is 4.49. The van der Waals surface area contributed by atoms with Crippen molar-refractivity contribution in [2.24, 2.45) is 5.92 Å². The maximum Gasteiger partial charge on any atom is 0.214 e. The standard InChI is InChI=1S/C10H17NO2S/c1-3-4-5-6-7-11-8-10(2)9-14(11,12)13/h1,10H,4-9H2,2H3. The predicted octanol–water partition coefficient (Wildman–Crippen LogP) is 1.07. The van der Waals surface area contributed by atoms with Crippen LogP contribution in [0.1, 0.15) is 26.2 Å². The molecule has 4 heteroatoms. The fourth-order valence-electron chi connectivity index (χ4n) is 1.72. The lowest BCUT2D eigenvalue weighted by molar-refractivity contribution is 0.403. The topological polar surface area (TPSA) is 37.4 Å². The average Bonchev–Trinajstić information content (AvgIpc) is 2.33.